The summed E-state index contributed by atoms with van der Waals surface area (Å²) in [5.41, 5.74) is 0. The third kappa shape index (κ3) is 3.39. The molecule has 0 radical (unpaired) electrons. The molecular weight excluding hydrogens is 346 g/mol. The molecule has 0 aliphatic carbocycles. The zero-order valence-corrected chi connectivity index (χ0v) is 14.4. The molecule has 0 amide bonds. The maximum absolute atomic E-state index is 12.9. The average molecular weight is 364 g/mol. The monoisotopic (exact) mass is 363 g/mol. The first-order valence-electron chi connectivity index (χ1n) is 6.99. The molecule has 1 aliphatic rings. The normalized spacial score (nSPS) is 19.3. The molecule has 0 aromatic heterocycles. The summed E-state index contributed by atoms with van der Waals surface area (Å²) in [6.07, 6.45) is 1.56. The number of ether oxygens (including phenoxy) is 2. The van der Waals surface area contributed by atoms with Gasteiger partial charge in [0.1, 0.15) is 22.4 Å². The van der Waals surface area contributed by atoms with Crippen molar-refractivity contribution >= 4 is 27.6 Å². The lowest BCUT2D eigenvalue weighted by atomic mass is 10.1. The van der Waals surface area contributed by atoms with Crippen LogP contribution in [0.2, 0.25) is 5.02 Å². The van der Waals surface area contributed by atoms with E-state index >= 15 is 0 Å². The Labute approximate surface area is 139 Å². The minimum atomic E-state index is -4.06. The number of halogens is 1. The first-order valence-corrected chi connectivity index (χ1v) is 8.81. The number of carbonyl (C=O) groups is 1. The van der Waals surface area contributed by atoms with Gasteiger partial charge < -0.3 is 14.6 Å². The number of rotatable bonds is 5. The van der Waals surface area contributed by atoms with Crippen molar-refractivity contribution in [3.05, 3.63) is 17.2 Å². The van der Waals surface area contributed by atoms with Gasteiger partial charge in [0, 0.05) is 12.6 Å². The number of methoxy groups -OCH3 is 2. The van der Waals surface area contributed by atoms with Gasteiger partial charge in [-0.25, -0.2) is 8.42 Å². The Balaban J connectivity index is 2.54. The number of piperidine rings is 1. The van der Waals surface area contributed by atoms with Crippen molar-refractivity contribution in [3.8, 4) is 11.5 Å². The summed E-state index contributed by atoms with van der Waals surface area (Å²) >= 11 is 6.02. The highest BCUT2D eigenvalue weighted by molar-refractivity contribution is 7.89. The van der Waals surface area contributed by atoms with Crippen molar-refractivity contribution < 1.29 is 27.8 Å². The number of aliphatic carboxylic acids is 1. The summed E-state index contributed by atoms with van der Waals surface area (Å²) in [4.78, 5) is 11.2. The molecule has 0 saturated carbocycles. The van der Waals surface area contributed by atoms with Gasteiger partial charge in [0.25, 0.3) is 0 Å². The third-order valence-corrected chi connectivity index (χ3v) is 5.99. The van der Waals surface area contributed by atoms with E-state index in [0.717, 1.165) is 4.31 Å². The molecule has 1 unspecified atom stereocenters. The molecule has 1 aromatic rings. The van der Waals surface area contributed by atoms with Gasteiger partial charge in [-0.1, -0.05) is 11.6 Å². The largest absolute Gasteiger partial charge is 0.495 e. The van der Waals surface area contributed by atoms with Crippen molar-refractivity contribution in [2.45, 2.75) is 30.2 Å². The van der Waals surface area contributed by atoms with Gasteiger partial charge in [-0.2, -0.15) is 4.31 Å². The smallest absolute Gasteiger partial charge is 0.322 e. The number of carboxylic acid groups (broad SMARTS) is 1. The van der Waals surface area contributed by atoms with E-state index in [-0.39, 0.29) is 34.4 Å². The Morgan fingerprint density at radius 2 is 1.91 bits per heavy atom. The van der Waals surface area contributed by atoms with Gasteiger partial charge in [0.15, 0.2) is 0 Å². The van der Waals surface area contributed by atoms with Gasteiger partial charge in [-0.15, -0.1) is 0 Å². The predicted octanol–water partition coefficient (Wildman–Crippen LogP) is 1.98. The summed E-state index contributed by atoms with van der Waals surface area (Å²) in [6.45, 7) is 0.145. The minimum absolute atomic E-state index is 0.0564. The Bertz CT molecular complexity index is 705. The average Bonchev–Trinajstić information content (AvgIpc) is 2.54. The number of hydrogen-bond acceptors (Lipinski definition) is 5. The first-order chi connectivity index (χ1) is 10.8. The van der Waals surface area contributed by atoms with Crippen molar-refractivity contribution in [2.24, 2.45) is 0 Å². The summed E-state index contributed by atoms with van der Waals surface area (Å²) < 4.78 is 37.0. The zero-order valence-electron chi connectivity index (χ0n) is 12.8. The summed E-state index contributed by atoms with van der Waals surface area (Å²) in [5.74, 6) is -0.830. The predicted molar refractivity (Wildman–Crippen MR) is 83.7 cm³/mol. The molecule has 1 aromatic carbocycles. The highest BCUT2D eigenvalue weighted by atomic mass is 35.5. The molecule has 1 N–H and O–H groups in total. The van der Waals surface area contributed by atoms with E-state index in [1.54, 1.807) is 0 Å². The second kappa shape index (κ2) is 6.94. The van der Waals surface area contributed by atoms with Crippen LogP contribution in [-0.2, 0) is 14.8 Å². The fourth-order valence-electron chi connectivity index (χ4n) is 2.60. The molecule has 1 saturated heterocycles. The van der Waals surface area contributed by atoms with E-state index < -0.39 is 22.0 Å². The Kier molecular flexibility index (Phi) is 5.38. The number of nitrogens with zero attached hydrogens (tertiary/aromatic N) is 1. The Morgan fingerprint density at radius 3 is 2.48 bits per heavy atom. The maximum Gasteiger partial charge on any atom is 0.322 e. The van der Waals surface area contributed by atoms with E-state index in [0.29, 0.717) is 12.8 Å². The van der Waals surface area contributed by atoms with Crippen LogP contribution in [0.25, 0.3) is 0 Å². The quantitative estimate of drug-likeness (QED) is 0.859. The highest BCUT2D eigenvalue weighted by Crippen LogP contribution is 2.37. The van der Waals surface area contributed by atoms with Crippen LogP contribution in [-0.4, -0.2) is 50.6 Å². The van der Waals surface area contributed by atoms with Gasteiger partial charge in [0.2, 0.25) is 10.0 Å². The van der Waals surface area contributed by atoms with Crippen molar-refractivity contribution in [3.63, 3.8) is 0 Å². The Morgan fingerprint density at radius 1 is 1.26 bits per heavy atom. The topological polar surface area (TPSA) is 93.1 Å². The van der Waals surface area contributed by atoms with Gasteiger partial charge >= 0.3 is 5.97 Å². The maximum atomic E-state index is 12.9. The Hall–Kier alpha value is -1.51. The van der Waals surface area contributed by atoms with Crippen molar-refractivity contribution in [1.82, 2.24) is 4.31 Å². The van der Waals surface area contributed by atoms with Crippen LogP contribution in [0.1, 0.15) is 19.3 Å². The van der Waals surface area contributed by atoms with E-state index in [1.165, 1.54) is 26.4 Å². The van der Waals surface area contributed by atoms with E-state index in [9.17, 15) is 18.3 Å². The number of carboxylic acids is 1. The lowest BCUT2D eigenvalue weighted by Gasteiger charge is -2.32. The molecule has 1 aliphatic heterocycles. The molecule has 9 heteroatoms. The molecule has 7 nitrogen and oxygen atoms in total. The van der Waals surface area contributed by atoms with Crippen LogP contribution in [0.3, 0.4) is 0 Å². The van der Waals surface area contributed by atoms with E-state index in [4.69, 9.17) is 21.1 Å². The van der Waals surface area contributed by atoms with Crippen LogP contribution in [0.4, 0.5) is 0 Å². The van der Waals surface area contributed by atoms with Crippen LogP contribution in [0, 0.1) is 0 Å². The number of sulfonamides is 1. The molecule has 0 bridgehead atoms. The van der Waals surface area contributed by atoms with Crippen LogP contribution < -0.4 is 9.47 Å². The second-order valence-electron chi connectivity index (χ2n) is 5.10. The van der Waals surface area contributed by atoms with Gasteiger partial charge in [-0.3, -0.25) is 4.79 Å². The van der Waals surface area contributed by atoms with E-state index in [1.807, 2.05) is 0 Å². The number of benzene rings is 1. The van der Waals surface area contributed by atoms with Crippen LogP contribution >= 0.6 is 11.6 Å². The molecule has 1 fully saturated rings. The lowest BCUT2D eigenvalue weighted by molar-refractivity contribution is -0.142. The summed E-state index contributed by atoms with van der Waals surface area (Å²) in [6, 6.07) is 1.51. The molecule has 1 atom stereocenters. The molecule has 2 rings (SSSR count). The zero-order chi connectivity index (χ0) is 17.2. The molecule has 128 valence electrons. The molecule has 0 spiro atoms. The second-order valence-corrected chi connectivity index (χ2v) is 7.37. The summed E-state index contributed by atoms with van der Waals surface area (Å²) in [7, 11) is -1.33. The number of hydrogen-bond donors (Lipinski definition) is 1. The third-order valence-electron chi connectivity index (χ3n) is 3.76. The SMILES string of the molecule is COc1cc(OC)c(S(=O)(=O)N2CCCCC2C(=O)O)cc1Cl. The summed E-state index contributed by atoms with van der Waals surface area (Å²) in [5, 5.41) is 9.41. The van der Waals surface area contributed by atoms with E-state index in [2.05, 4.69) is 0 Å². The molecule has 23 heavy (non-hydrogen) atoms. The van der Waals surface area contributed by atoms with Gasteiger partial charge in [0.05, 0.1) is 19.2 Å². The fraction of sp³-hybridized carbons (Fsp3) is 0.500. The fourth-order valence-corrected chi connectivity index (χ4v) is 4.72. The van der Waals surface area contributed by atoms with Crippen LogP contribution in [0.15, 0.2) is 17.0 Å². The minimum Gasteiger partial charge on any atom is -0.495 e. The highest BCUT2D eigenvalue weighted by Gasteiger charge is 2.39. The van der Waals surface area contributed by atoms with Crippen molar-refractivity contribution in [2.75, 3.05) is 20.8 Å². The first kappa shape index (κ1) is 17.8. The van der Waals surface area contributed by atoms with Crippen molar-refractivity contribution in [1.29, 1.82) is 0 Å². The van der Waals surface area contributed by atoms with Gasteiger partial charge in [-0.05, 0) is 25.3 Å². The molecular formula is C14H18ClNO6S. The van der Waals surface area contributed by atoms with Crippen LogP contribution in [0.5, 0.6) is 11.5 Å². The lowest BCUT2D eigenvalue weighted by Crippen LogP contribution is -2.47. The standard InChI is InChI=1S/C14H18ClNO6S/c1-21-11-8-12(22-2)13(7-9(11)15)23(19,20)16-6-4-3-5-10(16)14(17)18/h7-8,10H,3-6H2,1-2H3,(H,17,18). The molecule has 1 heterocycles.